The van der Waals surface area contributed by atoms with Crippen molar-refractivity contribution in [3.05, 3.63) is 83.2 Å². The number of rotatable bonds is 4. The summed E-state index contributed by atoms with van der Waals surface area (Å²) < 4.78 is 26.2. The minimum Gasteiger partial charge on any atom is -0.354 e. The first-order valence-corrected chi connectivity index (χ1v) is 7.99. The summed E-state index contributed by atoms with van der Waals surface area (Å²) >= 11 is 0. The standard InChI is InChI=1S/C20H17F2N3O/c1-12-4-3-5-13(2)19(12)24-16-8-14(10-23-11-16)20(26)25-15-6-7-17(21)18(22)9-15/h3-11,24H,1-2H3,(H,25,26). The molecule has 1 amide bonds. The van der Waals surface area contributed by atoms with Crippen molar-refractivity contribution in [3.63, 3.8) is 0 Å². The van der Waals surface area contributed by atoms with Gasteiger partial charge in [-0.3, -0.25) is 9.78 Å². The van der Waals surface area contributed by atoms with Crippen LogP contribution in [-0.4, -0.2) is 10.9 Å². The number of amides is 1. The summed E-state index contributed by atoms with van der Waals surface area (Å²) in [6.07, 6.45) is 3.02. The Morgan fingerprint density at radius 3 is 2.35 bits per heavy atom. The Hall–Kier alpha value is -3.28. The Morgan fingerprint density at radius 1 is 0.923 bits per heavy atom. The second-order valence-electron chi connectivity index (χ2n) is 5.94. The predicted molar refractivity (Wildman–Crippen MR) is 97.7 cm³/mol. The Labute approximate surface area is 149 Å². The van der Waals surface area contributed by atoms with Gasteiger partial charge >= 0.3 is 0 Å². The molecule has 0 saturated heterocycles. The molecule has 0 saturated carbocycles. The van der Waals surface area contributed by atoms with Crippen molar-refractivity contribution < 1.29 is 13.6 Å². The average Bonchev–Trinajstić information content (AvgIpc) is 2.62. The van der Waals surface area contributed by atoms with Crippen LogP contribution in [0.2, 0.25) is 0 Å². The van der Waals surface area contributed by atoms with E-state index >= 15 is 0 Å². The summed E-state index contributed by atoms with van der Waals surface area (Å²) in [6.45, 7) is 3.98. The number of carbonyl (C=O) groups excluding carboxylic acids is 1. The van der Waals surface area contributed by atoms with Gasteiger partial charge in [-0.15, -0.1) is 0 Å². The summed E-state index contributed by atoms with van der Waals surface area (Å²) in [7, 11) is 0. The molecule has 4 nitrogen and oxygen atoms in total. The van der Waals surface area contributed by atoms with Crippen LogP contribution in [0.1, 0.15) is 21.5 Å². The summed E-state index contributed by atoms with van der Waals surface area (Å²) in [6, 6.07) is 10.8. The molecule has 0 unspecified atom stereocenters. The van der Waals surface area contributed by atoms with Gasteiger partial charge in [0.15, 0.2) is 11.6 Å². The Balaban J connectivity index is 1.80. The van der Waals surface area contributed by atoms with Gasteiger partial charge in [-0.2, -0.15) is 0 Å². The predicted octanol–water partition coefficient (Wildman–Crippen LogP) is 4.97. The maximum atomic E-state index is 13.3. The largest absolute Gasteiger partial charge is 0.354 e. The number of para-hydroxylation sites is 1. The highest BCUT2D eigenvalue weighted by atomic mass is 19.2. The molecule has 6 heteroatoms. The van der Waals surface area contributed by atoms with Crippen LogP contribution in [0.4, 0.5) is 25.8 Å². The lowest BCUT2D eigenvalue weighted by atomic mass is 10.1. The van der Waals surface area contributed by atoms with Gasteiger partial charge in [0, 0.05) is 23.6 Å². The van der Waals surface area contributed by atoms with E-state index < -0.39 is 17.5 Å². The number of hydrogen-bond donors (Lipinski definition) is 2. The number of halogens is 2. The molecule has 0 aliphatic carbocycles. The molecule has 0 aliphatic heterocycles. The second-order valence-corrected chi connectivity index (χ2v) is 5.94. The normalized spacial score (nSPS) is 10.5. The molecule has 1 heterocycles. The monoisotopic (exact) mass is 353 g/mol. The fourth-order valence-electron chi connectivity index (χ4n) is 2.57. The van der Waals surface area contributed by atoms with Crippen molar-refractivity contribution in [2.45, 2.75) is 13.8 Å². The lowest BCUT2D eigenvalue weighted by Crippen LogP contribution is -2.13. The number of carbonyl (C=O) groups is 1. The summed E-state index contributed by atoms with van der Waals surface area (Å²) in [4.78, 5) is 16.4. The highest BCUT2D eigenvalue weighted by Crippen LogP contribution is 2.24. The summed E-state index contributed by atoms with van der Waals surface area (Å²) in [5.41, 5.74) is 4.21. The smallest absolute Gasteiger partial charge is 0.257 e. The van der Waals surface area contributed by atoms with E-state index in [1.54, 1.807) is 12.3 Å². The third-order valence-corrected chi connectivity index (χ3v) is 3.93. The maximum Gasteiger partial charge on any atom is 0.257 e. The first-order valence-electron chi connectivity index (χ1n) is 7.99. The molecular formula is C20H17F2N3O. The lowest BCUT2D eigenvalue weighted by Gasteiger charge is -2.13. The van der Waals surface area contributed by atoms with Crippen molar-refractivity contribution >= 4 is 23.0 Å². The molecule has 1 aromatic heterocycles. The molecule has 0 radical (unpaired) electrons. The zero-order valence-electron chi connectivity index (χ0n) is 14.3. The van der Waals surface area contributed by atoms with E-state index in [1.807, 2.05) is 32.0 Å². The molecule has 0 bridgehead atoms. The molecule has 0 atom stereocenters. The Morgan fingerprint density at radius 2 is 1.65 bits per heavy atom. The lowest BCUT2D eigenvalue weighted by molar-refractivity contribution is 0.102. The van der Waals surface area contributed by atoms with Crippen LogP contribution in [0, 0.1) is 25.5 Å². The number of aryl methyl sites for hydroxylation is 2. The van der Waals surface area contributed by atoms with Crippen molar-refractivity contribution in [3.8, 4) is 0 Å². The average molecular weight is 353 g/mol. The molecule has 132 valence electrons. The van der Waals surface area contributed by atoms with Crippen molar-refractivity contribution in [2.75, 3.05) is 10.6 Å². The zero-order chi connectivity index (χ0) is 18.7. The number of anilines is 3. The molecule has 0 aliphatic rings. The van der Waals surface area contributed by atoms with Crippen LogP contribution in [0.15, 0.2) is 54.9 Å². The Kier molecular flexibility index (Phi) is 4.93. The molecule has 26 heavy (non-hydrogen) atoms. The van der Waals surface area contributed by atoms with Gasteiger partial charge in [0.2, 0.25) is 0 Å². The number of hydrogen-bond acceptors (Lipinski definition) is 3. The number of nitrogens with zero attached hydrogens (tertiary/aromatic N) is 1. The van der Waals surface area contributed by atoms with E-state index in [9.17, 15) is 13.6 Å². The van der Waals surface area contributed by atoms with Gasteiger partial charge in [-0.05, 0) is 43.2 Å². The van der Waals surface area contributed by atoms with Gasteiger partial charge in [0.25, 0.3) is 5.91 Å². The quantitative estimate of drug-likeness (QED) is 0.696. The molecule has 2 N–H and O–H groups in total. The minimum atomic E-state index is -1.02. The molecule has 0 spiro atoms. The van der Waals surface area contributed by atoms with E-state index in [2.05, 4.69) is 15.6 Å². The topological polar surface area (TPSA) is 54.0 Å². The van der Waals surface area contributed by atoms with Gasteiger partial charge in [0.05, 0.1) is 17.4 Å². The number of pyridine rings is 1. The van der Waals surface area contributed by atoms with E-state index in [4.69, 9.17) is 0 Å². The van der Waals surface area contributed by atoms with Gasteiger partial charge in [-0.25, -0.2) is 8.78 Å². The SMILES string of the molecule is Cc1cccc(C)c1Nc1cncc(C(=O)Nc2ccc(F)c(F)c2)c1. The van der Waals surface area contributed by atoms with Crippen LogP contribution >= 0.6 is 0 Å². The fourth-order valence-corrected chi connectivity index (χ4v) is 2.57. The third-order valence-electron chi connectivity index (χ3n) is 3.93. The number of nitrogens with one attached hydrogen (secondary N) is 2. The van der Waals surface area contributed by atoms with Gasteiger partial charge in [-0.1, -0.05) is 18.2 Å². The van der Waals surface area contributed by atoms with Crippen molar-refractivity contribution in [1.82, 2.24) is 4.98 Å². The molecule has 3 aromatic rings. The number of benzene rings is 2. The van der Waals surface area contributed by atoms with E-state index in [0.717, 1.165) is 28.9 Å². The van der Waals surface area contributed by atoms with E-state index in [0.29, 0.717) is 11.3 Å². The first kappa shape index (κ1) is 17.5. The fraction of sp³-hybridized carbons (Fsp3) is 0.100. The van der Waals surface area contributed by atoms with Crippen molar-refractivity contribution in [1.29, 1.82) is 0 Å². The highest BCUT2D eigenvalue weighted by molar-refractivity contribution is 6.04. The minimum absolute atomic E-state index is 0.169. The third kappa shape index (κ3) is 3.85. The summed E-state index contributed by atoms with van der Waals surface area (Å²) in [5, 5.41) is 5.79. The summed E-state index contributed by atoms with van der Waals surface area (Å²) in [5.74, 6) is -2.45. The zero-order valence-corrected chi connectivity index (χ0v) is 14.3. The molecule has 0 fully saturated rings. The van der Waals surface area contributed by atoms with Gasteiger partial charge < -0.3 is 10.6 Å². The maximum absolute atomic E-state index is 13.3. The number of aromatic nitrogens is 1. The molecule has 2 aromatic carbocycles. The van der Waals surface area contributed by atoms with Crippen LogP contribution in [0.25, 0.3) is 0 Å². The van der Waals surface area contributed by atoms with E-state index in [1.165, 1.54) is 12.3 Å². The second kappa shape index (κ2) is 7.31. The highest BCUT2D eigenvalue weighted by Gasteiger charge is 2.10. The van der Waals surface area contributed by atoms with Crippen LogP contribution in [-0.2, 0) is 0 Å². The van der Waals surface area contributed by atoms with Crippen LogP contribution in [0.5, 0.6) is 0 Å². The van der Waals surface area contributed by atoms with Gasteiger partial charge in [0.1, 0.15) is 0 Å². The molecule has 3 rings (SSSR count). The molecular weight excluding hydrogens is 336 g/mol. The van der Waals surface area contributed by atoms with Crippen molar-refractivity contribution in [2.24, 2.45) is 0 Å². The van der Waals surface area contributed by atoms with E-state index in [-0.39, 0.29) is 5.69 Å². The first-order chi connectivity index (χ1) is 12.4. The van der Waals surface area contributed by atoms with Crippen LogP contribution in [0.3, 0.4) is 0 Å². The Bertz CT molecular complexity index is 953. The van der Waals surface area contributed by atoms with Crippen LogP contribution < -0.4 is 10.6 Å².